The lowest BCUT2D eigenvalue weighted by atomic mass is 10.1. The molecular weight excluding hydrogens is 372 g/mol. The van der Waals surface area contributed by atoms with Crippen molar-refractivity contribution in [2.24, 2.45) is 0 Å². The first-order valence-electron chi connectivity index (χ1n) is 9.59. The van der Waals surface area contributed by atoms with E-state index in [-0.39, 0.29) is 18.4 Å². The Kier molecular flexibility index (Phi) is 4.35. The number of hydrogen-bond donors (Lipinski definition) is 1. The van der Waals surface area contributed by atoms with Gasteiger partial charge in [-0.25, -0.2) is 0 Å². The van der Waals surface area contributed by atoms with Gasteiger partial charge in [0.2, 0.25) is 5.91 Å². The lowest BCUT2D eigenvalue weighted by molar-refractivity contribution is -0.115. The Bertz CT molecular complexity index is 1070. The highest BCUT2D eigenvalue weighted by molar-refractivity contribution is 5.92. The monoisotopic (exact) mass is 392 g/mol. The molecule has 3 heterocycles. The molecule has 2 aliphatic heterocycles. The third-order valence-corrected chi connectivity index (χ3v) is 4.91. The second kappa shape index (κ2) is 7.16. The van der Waals surface area contributed by atoms with Gasteiger partial charge in [0.05, 0.1) is 12.1 Å². The zero-order chi connectivity index (χ0) is 19.8. The maximum Gasteiger partial charge on any atom is 0.230 e. The summed E-state index contributed by atoms with van der Waals surface area (Å²) in [4.78, 5) is 12.4. The fourth-order valence-electron chi connectivity index (χ4n) is 3.60. The molecule has 0 saturated carbocycles. The van der Waals surface area contributed by atoms with E-state index >= 15 is 0 Å². The van der Waals surface area contributed by atoms with Gasteiger partial charge in [0.25, 0.3) is 0 Å². The molecular formula is C22H20N2O5. The lowest BCUT2D eigenvalue weighted by Crippen LogP contribution is -2.17. The molecule has 2 aromatic carbocycles. The van der Waals surface area contributed by atoms with E-state index in [1.54, 1.807) is 24.3 Å². The fraction of sp³-hybridized carbons (Fsp3) is 0.273. The molecule has 7 heteroatoms. The van der Waals surface area contributed by atoms with Gasteiger partial charge in [-0.3, -0.25) is 4.79 Å². The van der Waals surface area contributed by atoms with E-state index in [1.165, 1.54) is 0 Å². The molecule has 1 amide bonds. The molecule has 7 nitrogen and oxygen atoms in total. The average Bonchev–Trinajstić information content (AvgIpc) is 3.32. The lowest BCUT2D eigenvalue weighted by Gasteiger charge is -2.18. The number of carbonyl (C=O) groups excluding carboxylic acids is 1. The summed E-state index contributed by atoms with van der Waals surface area (Å²) in [6.45, 7) is 3.08. The van der Waals surface area contributed by atoms with E-state index in [1.807, 2.05) is 19.1 Å². The molecule has 1 atom stereocenters. The Morgan fingerprint density at radius 2 is 1.90 bits per heavy atom. The van der Waals surface area contributed by atoms with Crippen LogP contribution in [0.3, 0.4) is 0 Å². The molecule has 0 fully saturated rings. The van der Waals surface area contributed by atoms with Gasteiger partial charge in [-0.15, -0.1) is 0 Å². The number of amides is 1. The highest BCUT2D eigenvalue weighted by Crippen LogP contribution is 2.34. The standard InChI is InChI=1S/C22H20N2O5/c1-13-8-15-9-14(2-4-18(15)28-13)20-11-17(24-29-20)12-22(25)23-16-3-5-19-21(10-16)27-7-6-26-19/h2-5,9-11,13H,6-8,12H2,1H3,(H,23,25). The van der Waals surface area contributed by atoms with Crippen molar-refractivity contribution in [2.45, 2.75) is 25.9 Å². The molecule has 0 aliphatic carbocycles. The first-order valence-corrected chi connectivity index (χ1v) is 9.59. The summed E-state index contributed by atoms with van der Waals surface area (Å²) < 4.78 is 22.2. The maximum absolute atomic E-state index is 12.4. The topological polar surface area (TPSA) is 82.8 Å². The van der Waals surface area contributed by atoms with Crippen LogP contribution in [0.4, 0.5) is 5.69 Å². The van der Waals surface area contributed by atoms with E-state index in [4.69, 9.17) is 18.7 Å². The predicted molar refractivity (Wildman–Crippen MR) is 105 cm³/mol. The van der Waals surface area contributed by atoms with Crippen LogP contribution in [0.1, 0.15) is 18.2 Å². The number of anilines is 1. The van der Waals surface area contributed by atoms with Gasteiger partial charge in [0.15, 0.2) is 17.3 Å². The summed E-state index contributed by atoms with van der Waals surface area (Å²) in [6.07, 6.45) is 1.18. The van der Waals surface area contributed by atoms with Gasteiger partial charge in [0.1, 0.15) is 25.1 Å². The van der Waals surface area contributed by atoms with Crippen molar-refractivity contribution < 1.29 is 23.5 Å². The van der Waals surface area contributed by atoms with Crippen molar-refractivity contribution in [3.05, 3.63) is 53.7 Å². The number of rotatable bonds is 4. The van der Waals surface area contributed by atoms with Gasteiger partial charge in [-0.1, -0.05) is 5.16 Å². The van der Waals surface area contributed by atoms with E-state index in [0.717, 1.165) is 23.3 Å². The fourth-order valence-corrected chi connectivity index (χ4v) is 3.60. The molecule has 0 saturated heterocycles. The smallest absolute Gasteiger partial charge is 0.230 e. The number of benzene rings is 2. The molecule has 1 N–H and O–H groups in total. The van der Waals surface area contributed by atoms with Crippen molar-refractivity contribution in [1.29, 1.82) is 0 Å². The Labute approximate surface area is 167 Å². The third kappa shape index (κ3) is 3.63. The molecule has 1 aromatic heterocycles. The highest BCUT2D eigenvalue weighted by atomic mass is 16.6. The molecule has 0 radical (unpaired) electrons. The van der Waals surface area contributed by atoms with Crippen LogP contribution >= 0.6 is 0 Å². The number of nitrogens with one attached hydrogen (secondary N) is 1. The van der Waals surface area contributed by atoms with E-state index in [9.17, 15) is 4.79 Å². The number of carbonyl (C=O) groups is 1. The van der Waals surface area contributed by atoms with Crippen LogP contribution in [0.2, 0.25) is 0 Å². The SMILES string of the molecule is CC1Cc2cc(-c3cc(CC(=O)Nc4ccc5c(c4)OCCO5)no3)ccc2O1. The summed E-state index contributed by atoms with van der Waals surface area (Å²) in [6, 6.07) is 13.1. The molecule has 5 rings (SSSR count). The first-order chi connectivity index (χ1) is 14.1. The summed E-state index contributed by atoms with van der Waals surface area (Å²) in [5, 5.41) is 6.90. The molecule has 148 valence electrons. The molecule has 0 spiro atoms. The van der Waals surface area contributed by atoms with Crippen molar-refractivity contribution >= 4 is 11.6 Å². The molecule has 29 heavy (non-hydrogen) atoms. The van der Waals surface area contributed by atoms with Crippen LogP contribution in [-0.2, 0) is 17.6 Å². The Morgan fingerprint density at radius 3 is 2.79 bits per heavy atom. The normalized spacial score (nSPS) is 16.8. The number of aromatic nitrogens is 1. The summed E-state index contributed by atoms with van der Waals surface area (Å²) >= 11 is 0. The van der Waals surface area contributed by atoms with Gasteiger partial charge < -0.3 is 24.1 Å². The van der Waals surface area contributed by atoms with Crippen LogP contribution in [-0.4, -0.2) is 30.4 Å². The largest absolute Gasteiger partial charge is 0.490 e. The minimum atomic E-state index is -0.183. The van der Waals surface area contributed by atoms with Crippen molar-refractivity contribution in [3.8, 4) is 28.6 Å². The van der Waals surface area contributed by atoms with Gasteiger partial charge in [-0.2, -0.15) is 0 Å². The number of hydrogen-bond acceptors (Lipinski definition) is 6. The predicted octanol–water partition coefficient (Wildman–Crippen LogP) is 3.62. The second-order valence-corrected chi connectivity index (χ2v) is 7.22. The summed E-state index contributed by atoms with van der Waals surface area (Å²) in [5.74, 6) is 2.68. The Hall–Kier alpha value is -3.48. The first kappa shape index (κ1) is 17.6. The van der Waals surface area contributed by atoms with Crippen LogP contribution in [0, 0.1) is 0 Å². The number of nitrogens with zero attached hydrogens (tertiary/aromatic N) is 1. The number of ether oxygens (including phenoxy) is 3. The second-order valence-electron chi connectivity index (χ2n) is 7.22. The Morgan fingerprint density at radius 1 is 1.07 bits per heavy atom. The zero-order valence-electron chi connectivity index (χ0n) is 15.9. The van der Waals surface area contributed by atoms with Crippen LogP contribution in [0.15, 0.2) is 47.0 Å². The van der Waals surface area contributed by atoms with Crippen LogP contribution < -0.4 is 19.5 Å². The Balaban J connectivity index is 1.26. The molecule has 2 aliphatic rings. The number of fused-ring (bicyclic) bond motifs is 2. The van der Waals surface area contributed by atoms with E-state index in [0.29, 0.717) is 41.9 Å². The van der Waals surface area contributed by atoms with Crippen molar-refractivity contribution in [3.63, 3.8) is 0 Å². The van der Waals surface area contributed by atoms with Gasteiger partial charge >= 0.3 is 0 Å². The molecule has 0 bridgehead atoms. The van der Waals surface area contributed by atoms with E-state index in [2.05, 4.69) is 16.5 Å². The van der Waals surface area contributed by atoms with Crippen molar-refractivity contribution in [1.82, 2.24) is 5.16 Å². The van der Waals surface area contributed by atoms with Gasteiger partial charge in [-0.05, 0) is 42.8 Å². The maximum atomic E-state index is 12.4. The minimum absolute atomic E-state index is 0.114. The average molecular weight is 392 g/mol. The minimum Gasteiger partial charge on any atom is -0.490 e. The van der Waals surface area contributed by atoms with Crippen molar-refractivity contribution in [2.75, 3.05) is 18.5 Å². The summed E-state index contributed by atoms with van der Waals surface area (Å²) in [5.41, 5.74) is 3.30. The molecule has 3 aromatic rings. The summed E-state index contributed by atoms with van der Waals surface area (Å²) in [7, 11) is 0. The molecule has 1 unspecified atom stereocenters. The zero-order valence-corrected chi connectivity index (χ0v) is 15.9. The third-order valence-electron chi connectivity index (χ3n) is 4.91. The van der Waals surface area contributed by atoms with Gasteiger partial charge in [0, 0.05) is 29.8 Å². The van der Waals surface area contributed by atoms with Crippen LogP contribution in [0.5, 0.6) is 17.2 Å². The van der Waals surface area contributed by atoms with Crippen LogP contribution in [0.25, 0.3) is 11.3 Å². The quantitative estimate of drug-likeness (QED) is 0.730. The highest BCUT2D eigenvalue weighted by Gasteiger charge is 2.20. The van der Waals surface area contributed by atoms with E-state index < -0.39 is 0 Å².